The lowest BCUT2D eigenvalue weighted by Crippen LogP contribution is -2.16. The lowest BCUT2D eigenvalue weighted by Gasteiger charge is -2.04. The fourth-order valence-electron chi connectivity index (χ4n) is 2.49. The van der Waals surface area contributed by atoms with Crippen molar-refractivity contribution in [1.82, 2.24) is 4.57 Å². The fraction of sp³-hybridized carbons (Fsp3) is 0.105. The van der Waals surface area contributed by atoms with Gasteiger partial charge in [0, 0.05) is 17.7 Å². The number of nitrogens with zero attached hydrogens (tertiary/aromatic N) is 2. The Morgan fingerprint density at radius 1 is 1.15 bits per heavy atom. The van der Waals surface area contributed by atoms with Gasteiger partial charge in [-0.1, -0.05) is 52.7 Å². The maximum absolute atomic E-state index is 12.5. The number of thiazole rings is 1. The topological polar surface area (TPSA) is 51.4 Å². The van der Waals surface area contributed by atoms with Crippen LogP contribution in [0.2, 0.25) is 10.0 Å². The Balaban J connectivity index is 2.12. The van der Waals surface area contributed by atoms with E-state index in [2.05, 4.69) is 11.6 Å². The predicted molar refractivity (Wildman–Crippen MR) is 106 cm³/mol. The van der Waals surface area contributed by atoms with Crippen molar-refractivity contribution in [2.24, 2.45) is 4.99 Å². The summed E-state index contributed by atoms with van der Waals surface area (Å²) in [6.45, 7) is 5.67. The van der Waals surface area contributed by atoms with Crippen molar-refractivity contribution in [3.05, 3.63) is 75.0 Å². The van der Waals surface area contributed by atoms with Crippen molar-refractivity contribution >= 4 is 56.4 Å². The van der Waals surface area contributed by atoms with E-state index in [1.165, 1.54) is 18.3 Å². The van der Waals surface area contributed by atoms with Gasteiger partial charge in [0.1, 0.15) is 0 Å². The average molecular weight is 405 g/mol. The summed E-state index contributed by atoms with van der Waals surface area (Å²) < 4.78 is 2.68. The highest BCUT2D eigenvalue weighted by Gasteiger charge is 2.13. The summed E-state index contributed by atoms with van der Waals surface area (Å²) in [7, 11) is 0. The molecule has 0 aliphatic rings. The van der Waals surface area contributed by atoms with Gasteiger partial charge in [0.15, 0.2) is 10.6 Å². The van der Waals surface area contributed by atoms with Gasteiger partial charge in [-0.25, -0.2) is 0 Å². The maximum atomic E-state index is 12.5. The number of hydrogen-bond acceptors (Lipinski definition) is 3. The van der Waals surface area contributed by atoms with Crippen molar-refractivity contribution in [1.29, 1.82) is 0 Å². The number of carbonyl (C=O) groups excluding carboxylic acids is 2. The van der Waals surface area contributed by atoms with Gasteiger partial charge < -0.3 is 4.57 Å². The number of amides is 1. The van der Waals surface area contributed by atoms with Gasteiger partial charge in [-0.2, -0.15) is 4.99 Å². The maximum Gasteiger partial charge on any atom is 0.279 e. The van der Waals surface area contributed by atoms with Crippen LogP contribution in [0.15, 0.2) is 54.0 Å². The van der Waals surface area contributed by atoms with E-state index in [0.717, 1.165) is 10.2 Å². The SMILES string of the molecule is C=CCn1c(=NC(=O)c2ccc(C(C)=O)cc2)sc2ccc(Cl)c(Cl)c21. The molecule has 2 aromatic carbocycles. The van der Waals surface area contributed by atoms with E-state index in [4.69, 9.17) is 23.2 Å². The molecule has 1 amide bonds. The number of Topliss-reactive ketones (excluding diaryl/α,β-unsaturated/α-hetero) is 1. The number of aromatic nitrogens is 1. The van der Waals surface area contributed by atoms with E-state index in [-0.39, 0.29) is 5.78 Å². The Kier molecular flexibility index (Phi) is 5.41. The first-order valence-electron chi connectivity index (χ1n) is 7.70. The molecule has 3 aromatic rings. The molecule has 0 aliphatic carbocycles. The first-order valence-corrected chi connectivity index (χ1v) is 9.28. The van der Waals surface area contributed by atoms with Crippen molar-refractivity contribution in [3.63, 3.8) is 0 Å². The van der Waals surface area contributed by atoms with Crippen LogP contribution in [0.1, 0.15) is 27.6 Å². The molecular weight excluding hydrogens is 391 g/mol. The number of halogens is 2. The quantitative estimate of drug-likeness (QED) is 0.446. The zero-order valence-corrected chi connectivity index (χ0v) is 16.2. The van der Waals surface area contributed by atoms with Crippen molar-refractivity contribution < 1.29 is 9.59 Å². The Morgan fingerprint density at radius 2 is 1.81 bits per heavy atom. The Hall–Kier alpha value is -2.21. The van der Waals surface area contributed by atoms with Gasteiger partial charge in [0.25, 0.3) is 5.91 Å². The smallest absolute Gasteiger partial charge is 0.279 e. The molecule has 0 spiro atoms. The van der Waals surface area contributed by atoms with Crippen molar-refractivity contribution in [2.75, 3.05) is 0 Å². The summed E-state index contributed by atoms with van der Waals surface area (Å²) in [6, 6.07) is 9.98. The molecule has 1 heterocycles. The zero-order chi connectivity index (χ0) is 18.8. The van der Waals surface area contributed by atoms with Crippen LogP contribution >= 0.6 is 34.5 Å². The van der Waals surface area contributed by atoms with Crippen LogP contribution in [0.5, 0.6) is 0 Å². The molecule has 26 heavy (non-hydrogen) atoms. The summed E-state index contributed by atoms with van der Waals surface area (Å²) in [5.74, 6) is -0.451. The summed E-state index contributed by atoms with van der Waals surface area (Å²) in [5, 5.41) is 0.856. The molecule has 7 heteroatoms. The second-order valence-electron chi connectivity index (χ2n) is 5.54. The third-order valence-corrected chi connectivity index (χ3v) is 5.62. The summed E-state index contributed by atoms with van der Waals surface area (Å²) in [5.41, 5.74) is 1.68. The largest absolute Gasteiger partial charge is 0.311 e. The monoisotopic (exact) mass is 404 g/mol. The minimum atomic E-state index is -0.397. The van der Waals surface area contributed by atoms with Crippen LogP contribution in [-0.4, -0.2) is 16.3 Å². The number of hydrogen-bond donors (Lipinski definition) is 0. The number of rotatable bonds is 4. The Labute approximate surface area is 164 Å². The first-order chi connectivity index (χ1) is 12.4. The van der Waals surface area contributed by atoms with Crippen LogP contribution in [0.25, 0.3) is 10.2 Å². The van der Waals surface area contributed by atoms with Crippen LogP contribution < -0.4 is 4.80 Å². The van der Waals surface area contributed by atoms with Crippen molar-refractivity contribution in [3.8, 4) is 0 Å². The zero-order valence-electron chi connectivity index (χ0n) is 13.8. The highest BCUT2D eigenvalue weighted by Crippen LogP contribution is 2.32. The molecule has 132 valence electrons. The first kappa shape index (κ1) is 18.6. The van der Waals surface area contributed by atoms with Crippen LogP contribution in [0, 0.1) is 0 Å². The summed E-state index contributed by atoms with van der Waals surface area (Å²) in [4.78, 5) is 28.6. The lowest BCUT2D eigenvalue weighted by atomic mass is 10.1. The normalized spacial score (nSPS) is 11.7. The van der Waals surface area contributed by atoms with Crippen LogP contribution in [0.4, 0.5) is 0 Å². The van der Waals surface area contributed by atoms with Gasteiger partial charge in [-0.05, 0) is 31.2 Å². The van der Waals surface area contributed by atoms with Gasteiger partial charge >= 0.3 is 0 Å². The van der Waals surface area contributed by atoms with Gasteiger partial charge in [0.05, 0.1) is 20.3 Å². The highest BCUT2D eigenvalue weighted by molar-refractivity contribution is 7.16. The molecule has 0 saturated heterocycles. The van der Waals surface area contributed by atoms with Crippen molar-refractivity contribution in [2.45, 2.75) is 13.5 Å². The molecule has 0 bridgehead atoms. The Bertz CT molecular complexity index is 1100. The molecule has 0 N–H and O–H groups in total. The molecule has 0 aliphatic heterocycles. The predicted octanol–water partition coefficient (Wildman–Crippen LogP) is 5.14. The molecule has 3 rings (SSSR count). The fourth-order valence-corrected chi connectivity index (χ4v) is 4.01. The second-order valence-corrected chi connectivity index (χ2v) is 7.34. The number of fused-ring (bicyclic) bond motifs is 1. The van der Waals surface area contributed by atoms with E-state index in [1.807, 2.05) is 10.6 Å². The van der Waals surface area contributed by atoms with Crippen LogP contribution in [0.3, 0.4) is 0 Å². The summed E-state index contributed by atoms with van der Waals surface area (Å²) in [6.07, 6.45) is 1.70. The standard InChI is InChI=1S/C19H14Cl2N2O2S/c1-3-10-23-17-15(9-8-14(20)16(17)21)26-19(23)22-18(25)13-6-4-12(5-7-13)11(2)24/h3-9H,1,10H2,2H3. The third kappa shape index (κ3) is 3.51. The molecule has 4 nitrogen and oxygen atoms in total. The van der Waals surface area contributed by atoms with Gasteiger partial charge in [-0.15, -0.1) is 6.58 Å². The lowest BCUT2D eigenvalue weighted by molar-refractivity contribution is 0.0991. The third-order valence-electron chi connectivity index (χ3n) is 3.78. The molecule has 0 unspecified atom stereocenters. The van der Waals surface area contributed by atoms with E-state index in [0.29, 0.717) is 32.5 Å². The minimum Gasteiger partial charge on any atom is -0.311 e. The van der Waals surface area contributed by atoms with Crippen LogP contribution in [-0.2, 0) is 6.54 Å². The summed E-state index contributed by atoms with van der Waals surface area (Å²) >= 11 is 13.8. The number of allylic oxidation sites excluding steroid dienone is 1. The molecule has 0 radical (unpaired) electrons. The molecule has 1 aromatic heterocycles. The van der Waals surface area contributed by atoms with E-state index in [9.17, 15) is 9.59 Å². The minimum absolute atomic E-state index is 0.0548. The second kappa shape index (κ2) is 7.58. The number of benzene rings is 2. The average Bonchev–Trinajstić information content (AvgIpc) is 2.96. The molecule has 0 saturated carbocycles. The highest BCUT2D eigenvalue weighted by atomic mass is 35.5. The van der Waals surface area contributed by atoms with E-state index >= 15 is 0 Å². The van der Waals surface area contributed by atoms with E-state index in [1.54, 1.807) is 36.4 Å². The molecular formula is C19H14Cl2N2O2S. The number of carbonyl (C=O) groups is 2. The molecule has 0 fully saturated rings. The van der Waals surface area contributed by atoms with Gasteiger partial charge in [-0.3, -0.25) is 9.59 Å². The molecule has 0 atom stereocenters. The van der Waals surface area contributed by atoms with Gasteiger partial charge in [0.2, 0.25) is 0 Å². The number of ketones is 1. The Morgan fingerprint density at radius 3 is 2.42 bits per heavy atom. The van der Waals surface area contributed by atoms with E-state index < -0.39 is 5.91 Å².